The number of aryl methyl sites for hydroxylation is 2. The lowest BCUT2D eigenvalue weighted by atomic mass is 10.1. The molecule has 1 N–H and O–H groups in total. The minimum Gasteiger partial charge on any atom is -0.494 e. The van der Waals surface area contributed by atoms with Gasteiger partial charge in [-0.3, -0.25) is 9.10 Å². The number of sulfonamides is 1. The topological polar surface area (TPSA) is 75.7 Å². The second-order valence-electron chi connectivity index (χ2n) is 6.47. The Morgan fingerprint density at radius 3 is 2.52 bits per heavy atom. The molecule has 0 saturated heterocycles. The molecule has 0 radical (unpaired) electrons. The number of hydrogen-bond acceptors (Lipinski definition) is 4. The molecule has 0 aromatic heterocycles. The molecule has 0 spiro atoms. The molecule has 0 aliphatic carbocycles. The number of rotatable bonds is 7. The summed E-state index contributed by atoms with van der Waals surface area (Å²) in [5, 5.41) is 2.77. The predicted octanol–water partition coefficient (Wildman–Crippen LogP) is 3.50. The molecule has 146 valence electrons. The monoisotopic (exact) mass is 390 g/mol. The Morgan fingerprint density at radius 1 is 1.19 bits per heavy atom. The van der Waals surface area contributed by atoms with E-state index in [1.807, 2.05) is 32.9 Å². The van der Waals surface area contributed by atoms with Crippen molar-refractivity contribution >= 4 is 27.3 Å². The average molecular weight is 391 g/mol. The van der Waals surface area contributed by atoms with Crippen LogP contribution in [-0.2, 0) is 14.8 Å². The Morgan fingerprint density at radius 2 is 1.89 bits per heavy atom. The van der Waals surface area contributed by atoms with Crippen LogP contribution in [0.3, 0.4) is 0 Å². The highest BCUT2D eigenvalue weighted by molar-refractivity contribution is 7.92. The van der Waals surface area contributed by atoms with Gasteiger partial charge in [-0.25, -0.2) is 8.42 Å². The van der Waals surface area contributed by atoms with Crippen molar-refractivity contribution < 1.29 is 17.9 Å². The molecule has 7 heteroatoms. The molecule has 6 nitrogen and oxygen atoms in total. The molecular weight excluding hydrogens is 364 g/mol. The molecule has 1 amide bonds. The second kappa shape index (κ2) is 8.43. The van der Waals surface area contributed by atoms with Gasteiger partial charge in [-0.15, -0.1) is 0 Å². The summed E-state index contributed by atoms with van der Waals surface area (Å²) in [5.74, 6) is 0.215. The quantitative estimate of drug-likeness (QED) is 0.785. The zero-order valence-electron chi connectivity index (χ0n) is 16.3. The number of benzene rings is 2. The van der Waals surface area contributed by atoms with Gasteiger partial charge < -0.3 is 10.1 Å². The van der Waals surface area contributed by atoms with E-state index >= 15 is 0 Å². The predicted molar refractivity (Wildman–Crippen MR) is 109 cm³/mol. The highest BCUT2D eigenvalue weighted by atomic mass is 32.2. The number of hydrogen-bond donors (Lipinski definition) is 1. The van der Waals surface area contributed by atoms with E-state index < -0.39 is 22.0 Å². The summed E-state index contributed by atoms with van der Waals surface area (Å²) >= 11 is 0. The van der Waals surface area contributed by atoms with Crippen molar-refractivity contribution in [1.29, 1.82) is 0 Å². The lowest BCUT2D eigenvalue weighted by Crippen LogP contribution is -2.45. The van der Waals surface area contributed by atoms with Crippen LogP contribution in [0, 0.1) is 13.8 Å². The highest BCUT2D eigenvalue weighted by Crippen LogP contribution is 2.27. The van der Waals surface area contributed by atoms with Crippen LogP contribution in [0.5, 0.6) is 5.75 Å². The SMILES string of the molecule is CCOc1cccc(NC(=O)[C@H](C)N(c2cc(C)ccc2C)S(C)(=O)=O)c1. The standard InChI is InChI=1S/C20H26N2O4S/c1-6-26-18-9-7-8-17(13-18)21-20(23)16(4)22(27(5,24)25)19-12-14(2)10-11-15(19)3/h7-13,16H,6H2,1-5H3,(H,21,23)/t16-/m0/s1. The van der Waals surface area contributed by atoms with Gasteiger partial charge in [0.2, 0.25) is 15.9 Å². The third-order valence-electron chi connectivity index (χ3n) is 4.10. The lowest BCUT2D eigenvalue weighted by Gasteiger charge is -2.29. The molecule has 0 aliphatic heterocycles. The molecule has 27 heavy (non-hydrogen) atoms. The van der Waals surface area contributed by atoms with E-state index in [4.69, 9.17) is 4.74 Å². The fraction of sp³-hybridized carbons (Fsp3) is 0.350. The largest absolute Gasteiger partial charge is 0.494 e. The first kappa shape index (κ1) is 20.8. The zero-order valence-corrected chi connectivity index (χ0v) is 17.1. The van der Waals surface area contributed by atoms with Gasteiger partial charge in [0, 0.05) is 11.8 Å². The van der Waals surface area contributed by atoms with Crippen LogP contribution in [0.15, 0.2) is 42.5 Å². The average Bonchev–Trinajstić information content (AvgIpc) is 2.57. The van der Waals surface area contributed by atoms with Gasteiger partial charge in [0.1, 0.15) is 11.8 Å². The van der Waals surface area contributed by atoms with Gasteiger partial charge in [0.25, 0.3) is 0 Å². The minimum absolute atomic E-state index is 0.421. The van der Waals surface area contributed by atoms with Crippen molar-refractivity contribution in [1.82, 2.24) is 0 Å². The van der Waals surface area contributed by atoms with Crippen molar-refractivity contribution in [3.05, 3.63) is 53.6 Å². The van der Waals surface area contributed by atoms with Crippen molar-refractivity contribution in [3.63, 3.8) is 0 Å². The van der Waals surface area contributed by atoms with Crippen LogP contribution in [0.1, 0.15) is 25.0 Å². The molecule has 0 aliphatic rings. The van der Waals surface area contributed by atoms with E-state index in [1.54, 1.807) is 37.3 Å². The third-order valence-corrected chi connectivity index (χ3v) is 5.33. The normalized spacial score (nSPS) is 12.3. The van der Waals surface area contributed by atoms with Crippen molar-refractivity contribution in [2.24, 2.45) is 0 Å². The summed E-state index contributed by atoms with van der Waals surface area (Å²) in [6, 6.07) is 11.6. The van der Waals surface area contributed by atoms with E-state index in [9.17, 15) is 13.2 Å². The molecule has 0 fully saturated rings. The number of amides is 1. The molecule has 0 heterocycles. The first-order valence-corrected chi connectivity index (χ1v) is 10.6. The first-order chi connectivity index (χ1) is 12.6. The van der Waals surface area contributed by atoms with Crippen LogP contribution in [0.25, 0.3) is 0 Å². The molecule has 2 aromatic rings. The van der Waals surface area contributed by atoms with Crippen LogP contribution in [0.2, 0.25) is 0 Å². The molecule has 0 unspecified atom stereocenters. The molecule has 2 rings (SSSR count). The van der Waals surface area contributed by atoms with Crippen LogP contribution < -0.4 is 14.4 Å². The number of carbonyl (C=O) groups is 1. The van der Waals surface area contributed by atoms with E-state index in [2.05, 4.69) is 5.32 Å². The first-order valence-electron chi connectivity index (χ1n) is 8.74. The molecular formula is C20H26N2O4S. The molecule has 0 bridgehead atoms. The molecule has 1 atom stereocenters. The van der Waals surface area contributed by atoms with Gasteiger partial charge in [-0.1, -0.05) is 18.2 Å². The number of nitrogens with zero attached hydrogens (tertiary/aromatic N) is 1. The van der Waals surface area contributed by atoms with E-state index in [1.165, 1.54) is 0 Å². The number of nitrogens with one attached hydrogen (secondary N) is 1. The maximum Gasteiger partial charge on any atom is 0.247 e. The Bertz CT molecular complexity index is 925. The summed E-state index contributed by atoms with van der Waals surface area (Å²) < 4.78 is 31.5. The summed E-state index contributed by atoms with van der Waals surface area (Å²) in [5.41, 5.74) is 2.75. The fourth-order valence-corrected chi connectivity index (χ4v) is 4.04. The van der Waals surface area contributed by atoms with Crippen LogP contribution in [0.4, 0.5) is 11.4 Å². The van der Waals surface area contributed by atoms with Gasteiger partial charge >= 0.3 is 0 Å². The summed E-state index contributed by atoms with van der Waals surface area (Å²) in [6.07, 6.45) is 1.11. The smallest absolute Gasteiger partial charge is 0.247 e. The third kappa shape index (κ3) is 5.23. The summed E-state index contributed by atoms with van der Waals surface area (Å²) in [4.78, 5) is 12.8. The van der Waals surface area contributed by atoms with Gasteiger partial charge in [-0.2, -0.15) is 0 Å². The van der Waals surface area contributed by atoms with Gasteiger partial charge in [-0.05, 0) is 57.0 Å². The van der Waals surface area contributed by atoms with Gasteiger partial charge in [0.05, 0.1) is 18.6 Å². The maximum absolute atomic E-state index is 12.8. The number of ether oxygens (including phenoxy) is 1. The van der Waals surface area contributed by atoms with Crippen molar-refractivity contribution in [2.75, 3.05) is 22.5 Å². The fourth-order valence-electron chi connectivity index (χ4n) is 2.81. The van der Waals surface area contributed by atoms with E-state index in [-0.39, 0.29) is 0 Å². The number of carbonyl (C=O) groups excluding carboxylic acids is 1. The van der Waals surface area contributed by atoms with Crippen molar-refractivity contribution in [3.8, 4) is 5.75 Å². The Kier molecular flexibility index (Phi) is 6.49. The maximum atomic E-state index is 12.8. The summed E-state index contributed by atoms with van der Waals surface area (Å²) in [6.45, 7) is 7.67. The number of anilines is 2. The van der Waals surface area contributed by atoms with Crippen LogP contribution in [-0.4, -0.2) is 33.2 Å². The van der Waals surface area contributed by atoms with E-state index in [0.717, 1.165) is 21.7 Å². The zero-order chi connectivity index (χ0) is 20.2. The van der Waals surface area contributed by atoms with E-state index in [0.29, 0.717) is 23.7 Å². The Balaban J connectivity index is 2.33. The highest BCUT2D eigenvalue weighted by Gasteiger charge is 2.30. The second-order valence-corrected chi connectivity index (χ2v) is 8.33. The summed E-state index contributed by atoms with van der Waals surface area (Å²) in [7, 11) is -3.66. The van der Waals surface area contributed by atoms with Crippen molar-refractivity contribution in [2.45, 2.75) is 33.7 Å². The Hall–Kier alpha value is -2.54. The minimum atomic E-state index is -3.66. The Labute approximate surface area is 161 Å². The van der Waals surface area contributed by atoms with Gasteiger partial charge in [0.15, 0.2) is 0 Å². The molecule has 2 aromatic carbocycles. The molecule has 0 saturated carbocycles. The lowest BCUT2D eigenvalue weighted by molar-refractivity contribution is -0.116. The van der Waals surface area contributed by atoms with Crippen LogP contribution >= 0.6 is 0 Å².